The van der Waals surface area contributed by atoms with Crippen LogP contribution in [-0.2, 0) is 11.3 Å². The summed E-state index contributed by atoms with van der Waals surface area (Å²) in [6.07, 6.45) is 0.979. The topological polar surface area (TPSA) is 49.8 Å². The van der Waals surface area contributed by atoms with Gasteiger partial charge in [0, 0.05) is 19.1 Å². The maximum absolute atomic E-state index is 13.3. The molecule has 104 valence electrons. The first-order valence-corrected chi connectivity index (χ1v) is 6.45. The predicted molar refractivity (Wildman–Crippen MR) is 68.7 cm³/mol. The lowest BCUT2D eigenvalue weighted by atomic mass is 10.1. The van der Waals surface area contributed by atoms with Crippen LogP contribution >= 0.6 is 0 Å². The fourth-order valence-corrected chi connectivity index (χ4v) is 2.34. The first kappa shape index (κ1) is 14.0. The second-order valence-electron chi connectivity index (χ2n) is 4.73. The van der Waals surface area contributed by atoms with Gasteiger partial charge in [-0.3, -0.25) is 4.90 Å². The van der Waals surface area contributed by atoms with Gasteiger partial charge < -0.3 is 9.84 Å². The Balaban J connectivity index is 2.14. The van der Waals surface area contributed by atoms with Crippen molar-refractivity contribution in [2.45, 2.75) is 25.9 Å². The van der Waals surface area contributed by atoms with Gasteiger partial charge in [-0.1, -0.05) is 13.0 Å². The van der Waals surface area contributed by atoms with Crippen LogP contribution in [0, 0.1) is 5.82 Å². The molecular weight excluding hydrogens is 249 g/mol. The number of benzene rings is 1. The Morgan fingerprint density at radius 2 is 2.37 bits per heavy atom. The number of carboxylic acid groups (broad SMARTS) is 1. The standard InChI is InChI=1S/C14H18FNO3/c1-2-11-9-19-6-5-16(11)8-10-3-4-13(15)12(7-10)14(17)18/h3-4,7,11H,2,5-6,8-9H2,1H3,(H,17,18). The number of halogens is 1. The molecule has 4 nitrogen and oxygen atoms in total. The van der Waals surface area contributed by atoms with Crippen molar-refractivity contribution in [1.29, 1.82) is 0 Å². The molecule has 1 fully saturated rings. The third-order valence-corrected chi connectivity index (χ3v) is 3.47. The monoisotopic (exact) mass is 267 g/mol. The van der Waals surface area contributed by atoms with Crippen molar-refractivity contribution < 1.29 is 19.0 Å². The van der Waals surface area contributed by atoms with E-state index >= 15 is 0 Å². The SMILES string of the molecule is CCC1COCCN1Cc1ccc(F)c(C(=O)O)c1. The van der Waals surface area contributed by atoms with E-state index in [4.69, 9.17) is 9.84 Å². The van der Waals surface area contributed by atoms with E-state index in [2.05, 4.69) is 11.8 Å². The highest BCUT2D eigenvalue weighted by molar-refractivity contribution is 5.88. The van der Waals surface area contributed by atoms with Gasteiger partial charge in [0.2, 0.25) is 0 Å². The Kier molecular flexibility index (Phi) is 4.50. The predicted octanol–water partition coefficient (Wildman–Crippen LogP) is 2.13. The second-order valence-corrected chi connectivity index (χ2v) is 4.73. The van der Waals surface area contributed by atoms with Crippen molar-refractivity contribution in [3.63, 3.8) is 0 Å². The fraction of sp³-hybridized carbons (Fsp3) is 0.500. The summed E-state index contributed by atoms with van der Waals surface area (Å²) in [5.74, 6) is -1.92. The Morgan fingerprint density at radius 1 is 1.58 bits per heavy atom. The van der Waals surface area contributed by atoms with Crippen LogP contribution in [-0.4, -0.2) is 41.8 Å². The van der Waals surface area contributed by atoms with Crippen LogP contribution < -0.4 is 0 Å². The summed E-state index contributed by atoms with van der Waals surface area (Å²) in [7, 11) is 0. The zero-order chi connectivity index (χ0) is 13.8. The molecule has 1 heterocycles. The molecule has 0 aliphatic carbocycles. The van der Waals surface area contributed by atoms with Gasteiger partial charge in [-0.2, -0.15) is 0 Å². The quantitative estimate of drug-likeness (QED) is 0.908. The molecule has 5 heteroatoms. The highest BCUT2D eigenvalue weighted by atomic mass is 19.1. The highest BCUT2D eigenvalue weighted by Gasteiger charge is 2.22. The van der Waals surface area contributed by atoms with Gasteiger partial charge in [-0.15, -0.1) is 0 Å². The third kappa shape index (κ3) is 3.30. The average Bonchev–Trinajstić information content (AvgIpc) is 2.41. The van der Waals surface area contributed by atoms with E-state index in [1.54, 1.807) is 6.07 Å². The van der Waals surface area contributed by atoms with Crippen LogP contribution in [0.2, 0.25) is 0 Å². The maximum atomic E-state index is 13.3. The number of rotatable bonds is 4. The second kappa shape index (κ2) is 6.12. The minimum atomic E-state index is -1.23. The normalized spacial score (nSPS) is 20.4. The van der Waals surface area contributed by atoms with Gasteiger partial charge in [0.1, 0.15) is 5.82 Å². The summed E-state index contributed by atoms with van der Waals surface area (Å²) in [4.78, 5) is 13.2. The smallest absolute Gasteiger partial charge is 0.338 e. The average molecular weight is 267 g/mol. The minimum absolute atomic E-state index is 0.265. The van der Waals surface area contributed by atoms with Gasteiger partial charge in [-0.25, -0.2) is 9.18 Å². The van der Waals surface area contributed by atoms with E-state index in [0.717, 1.165) is 18.5 Å². The summed E-state index contributed by atoms with van der Waals surface area (Å²) in [6.45, 7) is 4.92. The molecule has 1 aromatic carbocycles. The van der Waals surface area contributed by atoms with Crippen molar-refractivity contribution in [2.75, 3.05) is 19.8 Å². The molecule has 1 aliphatic heterocycles. The van der Waals surface area contributed by atoms with Crippen LogP contribution in [0.3, 0.4) is 0 Å². The molecular formula is C14H18FNO3. The molecule has 0 saturated carbocycles. The van der Waals surface area contributed by atoms with E-state index in [9.17, 15) is 9.18 Å². The number of carbonyl (C=O) groups is 1. The Bertz CT molecular complexity index is 464. The van der Waals surface area contributed by atoms with E-state index in [1.807, 2.05) is 0 Å². The molecule has 0 spiro atoms. The first-order valence-electron chi connectivity index (χ1n) is 6.45. The molecule has 1 saturated heterocycles. The zero-order valence-corrected chi connectivity index (χ0v) is 10.9. The molecule has 1 aromatic rings. The molecule has 1 N–H and O–H groups in total. The minimum Gasteiger partial charge on any atom is -0.478 e. The molecule has 1 atom stereocenters. The summed E-state index contributed by atoms with van der Waals surface area (Å²) in [5, 5.41) is 8.92. The molecule has 19 heavy (non-hydrogen) atoms. The van der Waals surface area contributed by atoms with E-state index < -0.39 is 11.8 Å². The van der Waals surface area contributed by atoms with Crippen molar-refractivity contribution in [2.24, 2.45) is 0 Å². The molecule has 2 rings (SSSR count). The largest absolute Gasteiger partial charge is 0.478 e. The van der Waals surface area contributed by atoms with Gasteiger partial charge in [0.05, 0.1) is 18.8 Å². The number of carboxylic acids is 1. The molecule has 0 radical (unpaired) electrons. The van der Waals surface area contributed by atoms with Crippen LogP contribution in [0.25, 0.3) is 0 Å². The van der Waals surface area contributed by atoms with Crippen molar-refractivity contribution in [3.05, 3.63) is 35.1 Å². The number of morpholine rings is 1. The number of hydrogen-bond donors (Lipinski definition) is 1. The zero-order valence-electron chi connectivity index (χ0n) is 10.9. The molecule has 0 aromatic heterocycles. The third-order valence-electron chi connectivity index (χ3n) is 3.47. The van der Waals surface area contributed by atoms with Gasteiger partial charge in [0.15, 0.2) is 0 Å². The lowest BCUT2D eigenvalue weighted by Gasteiger charge is -2.35. The summed E-state index contributed by atoms with van der Waals surface area (Å²) in [5.41, 5.74) is 0.554. The van der Waals surface area contributed by atoms with Crippen LogP contribution in [0.4, 0.5) is 4.39 Å². The van der Waals surface area contributed by atoms with Gasteiger partial charge in [-0.05, 0) is 24.1 Å². The van der Waals surface area contributed by atoms with E-state index in [-0.39, 0.29) is 5.56 Å². The van der Waals surface area contributed by atoms with Crippen molar-refractivity contribution in [1.82, 2.24) is 4.90 Å². The van der Waals surface area contributed by atoms with E-state index in [1.165, 1.54) is 12.1 Å². The number of hydrogen-bond acceptors (Lipinski definition) is 3. The van der Waals surface area contributed by atoms with Gasteiger partial charge in [0.25, 0.3) is 0 Å². The van der Waals surface area contributed by atoms with Crippen molar-refractivity contribution in [3.8, 4) is 0 Å². The highest BCUT2D eigenvalue weighted by Crippen LogP contribution is 2.17. The Hall–Kier alpha value is -1.46. The number of nitrogens with zero attached hydrogens (tertiary/aromatic N) is 1. The fourth-order valence-electron chi connectivity index (χ4n) is 2.34. The molecule has 1 aliphatic rings. The van der Waals surface area contributed by atoms with Crippen LogP contribution in [0.5, 0.6) is 0 Å². The van der Waals surface area contributed by atoms with Crippen molar-refractivity contribution >= 4 is 5.97 Å². The summed E-state index contributed by atoms with van der Waals surface area (Å²) in [6, 6.07) is 4.62. The first-order chi connectivity index (χ1) is 9.11. The molecule has 0 bridgehead atoms. The van der Waals surface area contributed by atoms with Crippen LogP contribution in [0.15, 0.2) is 18.2 Å². The Morgan fingerprint density at radius 3 is 3.05 bits per heavy atom. The number of ether oxygens (including phenoxy) is 1. The maximum Gasteiger partial charge on any atom is 0.338 e. The van der Waals surface area contributed by atoms with Crippen LogP contribution in [0.1, 0.15) is 29.3 Å². The lowest BCUT2D eigenvalue weighted by molar-refractivity contribution is -0.0127. The molecule has 1 unspecified atom stereocenters. The summed E-state index contributed by atoms with van der Waals surface area (Å²) < 4.78 is 18.8. The Labute approximate surface area is 111 Å². The number of aromatic carboxylic acids is 1. The van der Waals surface area contributed by atoms with Gasteiger partial charge >= 0.3 is 5.97 Å². The lowest BCUT2D eigenvalue weighted by Crippen LogP contribution is -2.44. The summed E-state index contributed by atoms with van der Waals surface area (Å²) >= 11 is 0. The van der Waals surface area contributed by atoms with E-state index in [0.29, 0.717) is 25.8 Å². The molecule has 0 amide bonds.